The lowest BCUT2D eigenvalue weighted by molar-refractivity contribution is 0.211. The lowest BCUT2D eigenvalue weighted by Gasteiger charge is -2.13. The molecule has 0 amide bonds. The van der Waals surface area contributed by atoms with Gasteiger partial charge in [0.05, 0.1) is 22.2 Å². The molecule has 3 N–H and O–H groups in total. The normalized spacial score (nSPS) is 14.2. The third kappa shape index (κ3) is 4.17. The predicted molar refractivity (Wildman–Crippen MR) is 128 cm³/mol. The summed E-state index contributed by atoms with van der Waals surface area (Å²) < 4.78 is 6.19. The van der Waals surface area contributed by atoms with Gasteiger partial charge in [-0.05, 0) is 49.1 Å². The Hall–Kier alpha value is -3.23. The third-order valence-corrected chi connectivity index (χ3v) is 6.37. The molecule has 3 aromatic heterocycles. The minimum atomic E-state index is 0.650. The molecule has 5 rings (SSSR count). The Morgan fingerprint density at radius 2 is 2.16 bits per heavy atom. The van der Waals surface area contributed by atoms with Crippen molar-refractivity contribution in [2.75, 3.05) is 30.9 Å². The topological polar surface area (TPSA) is 87.8 Å². The van der Waals surface area contributed by atoms with E-state index >= 15 is 0 Å². The summed E-state index contributed by atoms with van der Waals surface area (Å²) in [5.41, 5.74) is 6.49. The fraction of sp³-hybridized carbons (Fsp3) is 0.261. The molecule has 3 heterocycles. The molecule has 158 valence electrons. The summed E-state index contributed by atoms with van der Waals surface area (Å²) in [6, 6.07) is 8.29. The molecule has 31 heavy (non-hydrogen) atoms. The molecule has 0 unspecified atom stereocenters. The maximum absolute atomic E-state index is 5.09. The van der Waals surface area contributed by atoms with Crippen molar-refractivity contribution in [3.05, 3.63) is 54.5 Å². The van der Waals surface area contributed by atoms with Crippen LogP contribution in [0.4, 0.5) is 16.6 Å². The Kier molecular flexibility index (Phi) is 5.40. The van der Waals surface area contributed by atoms with Crippen LogP contribution in [0.25, 0.3) is 26.8 Å². The van der Waals surface area contributed by atoms with Crippen LogP contribution in [0.3, 0.4) is 0 Å². The number of H-pyrrole nitrogens is 1. The van der Waals surface area contributed by atoms with E-state index in [2.05, 4.69) is 55.4 Å². The Bertz CT molecular complexity index is 1290. The molecular weight excluding hydrogens is 408 g/mol. The van der Waals surface area contributed by atoms with Crippen LogP contribution in [0.1, 0.15) is 25.0 Å². The van der Waals surface area contributed by atoms with E-state index in [1.54, 1.807) is 24.8 Å². The number of allylic oxidation sites excluding steroid dienone is 3. The molecular formula is C23H24N6OS. The first-order valence-corrected chi connectivity index (χ1v) is 11.1. The summed E-state index contributed by atoms with van der Waals surface area (Å²) in [7, 11) is 1.69. The first-order chi connectivity index (χ1) is 15.2. The zero-order valence-electron chi connectivity index (χ0n) is 17.4. The Balaban J connectivity index is 1.40. The SMILES string of the molecule is C=C1CC=C(c2cc3c(Nc4ccc5nc(NCCOC)sc5c4)ncnc3[nH]2)CC1. The van der Waals surface area contributed by atoms with Gasteiger partial charge in [0, 0.05) is 25.0 Å². The average molecular weight is 433 g/mol. The van der Waals surface area contributed by atoms with Gasteiger partial charge < -0.3 is 20.4 Å². The van der Waals surface area contributed by atoms with Gasteiger partial charge in [0.25, 0.3) is 0 Å². The van der Waals surface area contributed by atoms with Crippen molar-refractivity contribution >= 4 is 54.8 Å². The van der Waals surface area contributed by atoms with E-state index in [0.29, 0.717) is 6.61 Å². The van der Waals surface area contributed by atoms with Gasteiger partial charge in [-0.1, -0.05) is 29.6 Å². The van der Waals surface area contributed by atoms with Crippen molar-refractivity contribution in [3.8, 4) is 0 Å². The number of fused-ring (bicyclic) bond motifs is 2. The molecule has 0 fully saturated rings. The zero-order chi connectivity index (χ0) is 21.2. The van der Waals surface area contributed by atoms with Crippen LogP contribution in [-0.2, 0) is 4.74 Å². The Labute approximate surface area is 184 Å². The third-order valence-electron chi connectivity index (χ3n) is 5.39. The van der Waals surface area contributed by atoms with Crippen molar-refractivity contribution in [3.63, 3.8) is 0 Å². The van der Waals surface area contributed by atoms with Gasteiger partial charge in [0.15, 0.2) is 5.13 Å². The number of anilines is 3. The van der Waals surface area contributed by atoms with E-state index in [0.717, 1.165) is 69.4 Å². The summed E-state index contributed by atoms with van der Waals surface area (Å²) in [4.78, 5) is 17.0. The molecule has 7 nitrogen and oxygen atoms in total. The number of thiazole rings is 1. The molecule has 1 aliphatic carbocycles. The summed E-state index contributed by atoms with van der Waals surface area (Å²) in [6.07, 6.45) is 6.83. The standard InChI is InChI=1S/C23H24N6OS/c1-14-3-5-15(6-4-14)19-12-17-21(25-13-26-22(17)28-19)27-16-7-8-18-20(11-16)31-23(29-18)24-9-10-30-2/h5,7-8,11-13H,1,3-4,6,9-10H2,2H3,(H,24,29)(H2,25,26,27,28). The molecule has 0 spiro atoms. The Morgan fingerprint density at radius 1 is 1.23 bits per heavy atom. The largest absolute Gasteiger partial charge is 0.383 e. The highest BCUT2D eigenvalue weighted by molar-refractivity contribution is 7.22. The number of aromatic amines is 1. The second kappa shape index (κ2) is 8.49. The van der Waals surface area contributed by atoms with E-state index in [1.807, 2.05) is 12.1 Å². The highest BCUT2D eigenvalue weighted by Crippen LogP contribution is 2.33. The molecule has 0 saturated carbocycles. The summed E-state index contributed by atoms with van der Waals surface area (Å²) in [5, 5.41) is 8.63. The van der Waals surface area contributed by atoms with Crippen LogP contribution in [-0.4, -0.2) is 40.2 Å². The maximum atomic E-state index is 5.09. The van der Waals surface area contributed by atoms with Gasteiger partial charge in [0.1, 0.15) is 17.8 Å². The van der Waals surface area contributed by atoms with E-state index in [-0.39, 0.29) is 0 Å². The van der Waals surface area contributed by atoms with Gasteiger partial charge in [-0.15, -0.1) is 0 Å². The van der Waals surface area contributed by atoms with Crippen molar-refractivity contribution in [2.45, 2.75) is 19.3 Å². The first kappa shape index (κ1) is 19.7. The molecule has 1 aliphatic rings. The number of nitrogens with one attached hydrogen (secondary N) is 3. The summed E-state index contributed by atoms with van der Waals surface area (Å²) in [6.45, 7) is 5.47. The van der Waals surface area contributed by atoms with Crippen molar-refractivity contribution in [1.82, 2.24) is 19.9 Å². The molecule has 0 radical (unpaired) electrons. The highest BCUT2D eigenvalue weighted by Gasteiger charge is 2.14. The number of nitrogens with zero attached hydrogens (tertiary/aromatic N) is 3. The second-order valence-electron chi connectivity index (χ2n) is 7.60. The van der Waals surface area contributed by atoms with Crippen molar-refractivity contribution in [1.29, 1.82) is 0 Å². The molecule has 0 saturated heterocycles. The molecule has 0 aliphatic heterocycles. The smallest absolute Gasteiger partial charge is 0.183 e. The monoisotopic (exact) mass is 432 g/mol. The number of ether oxygens (including phenoxy) is 1. The quantitative estimate of drug-likeness (QED) is 0.264. The maximum Gasteiger partial charge on any atom is 0.183 e. The second-order valence-corrected chi connectivity index (χ2v) is 8.63. The lowest BCUT2D eigenvalue weighted by Crippen LogP contribution is -2.06. The van der Waals surface area contributed by atoms with Crippen LogP contribution in [0, 0.1) is 0 Å². The molecule has 0 bridgehead atoms. The molecule has 1 aromatic carbocycles. The summed E-state index contributed by atoms with van der Waals surface area (Å²) in [5.74, 6) is 0.788. The van der Waals surface area contributed by atoms with E-state index < -0.39 is 0 Å². The van der Waals surface area contributed by atoms with E-state index in [1.165, 1.54) is 11.1 Å². The van der Waals surface area contributed by atoms with Crippen molar-refractivity contribution < 1.29 is 4.74 Å². The van der Waals surface area contributed by atoms with Gasteiger partial charge in [0.2, 0.25) is 0 Å². The minimum absolute atomic E-state index is 0.650. The fourth-order valence-electron chi connectivity index (χ4n) is 3.71. The fourth-order valence-corrected chi connectivity index (χ4v) is 4.65. The van der Waals surface area contributed by atoms with Gasteiger partial charge in [-0.25, -0.2) is 15.0 Å². The van der Waals surface area contributed by atoms with E-state index in [9.17, 15) is 0 Å². The van der Waals surface area contributed by atoms with Crippen LogP contribution in [0.15, 0.2) is 48.8 Å². The number of methoxy groups -OCH3 is 1. The summed E-state index contributed by atoms with van der Waals surface area (Å²) >= 11 is 1.63. The number of rotatable bonds is 7. The first-order valence-electron chi connectivity index (χ1n) is 10.3. The number of hydrogen-bond donors (Lipinski definition) is 3. The lowest BCUT2D eigenvalue weighted by atomic mass is 9.94. The van der Waals surface area contributed by atoms with Gasteiger partial charge in [-0.2, -0.15) is 0 Å². The average Bonchev–Trinajstić information content (AvgIpc) is 3.38. The van der Waals surface area contributed by atoms with Crippen LogP contribution in [0.5, 0.6) is 0 Å². The van der Waals surface area contributed by atoms with Crippen molar-refractivity contribution in [2.24, 2.45) is 0 Å². The Morgan fingerprint density at radius 3 is 3.00 bits per heavy atom. The highest BCUT2D eigenvalue weighted by atomic mass is 32.1. The van der Waals surface area contributed by atoms with E-state index in [4.69, 9.17) is 4.74 Å². The number of hydrogen-bond acceptors (Lipinski definition) is 7. The number of benzene rings is 1. The van der Waals surface area contributed by atoms with Crippen LogP contribution < -0.4 is 10.6 Å². The van der Waals surface area contributed by atoms with Crippen LogP contribution in [0.2, 0.25) is 0 Å². The zero-order valence-corrected chi connectivity index (χ0v) is 18.2. The van der Waals surface area contributed by atoms with Gasteiger partial charge >= 0.3 is 0 Å². The van der Waals surface area contributed by atoms with Crippen LogP contribution >= 0.6 is 11.3 Å². The molecule has 8 heteroatoms. The molecule has 4 aromatic rings. The minimum Gasteiger partial charge on any atom is -0.383 e. The number of aromatic nitrogens is 4. The van der Waals surface area contributed by atoms with Gasteiger partial charge in [-0.3, -0.25) is 0 Å². The predicted octanol–water partition coefficient (Wildman–Crippen LogP) is 5.49. The molecule has 0 atom stereocenters.